The second kappa shape index (κ2) is 9.40. The molecule has 0 radical (unpaired) electrons. The van der Waals surface area contributed by atoms with Gasteiger partial charge in [0, 0.05) is 21.6 Å². The van der Waals surface area contributed by atoms with Crippen LogP contribution in [-0.4, -0.2) is 12.1 Å². The Morgan fingerprint density at radius 3 is 1.73 bits per heavy atom. The van der Waals surface area contributed by atoms with Crippen molar-refractivity contribution in [3.05, 3.63) is 84.9 Å². The van der Waals surface area contributed by atoms with Gasteiger partial charge in [-0.25, -0.2) is 0 Å². The van der Waals surface area contributed by atoms with E-state index in [2.05, 4.69) is 12.1 Å². The van der Waals surface area contributed by atoms with Crippen LogP contribution in [0, 0.1) is 0 Å². The van der Waals surface area contributed by atoms with Gasteiger partial charge in [-0.15, -0.1) is 0 Å². The lowest BCUT2D eigenvalue weighted by atomic mass is 9.98. The maximum atomic E-state index is 12.3. The van der Waals surface area contributed by atoms with Crippen LogP contribution in [0.4, 0.5) is 0 Å². The molecule has 0 amide bonds. The Morgan fingerprint density at radius 2 is 1.23 bits per heavy atom. The minimum atomic E-state index is -2.19. The molecule has 3 aromatic carbocycles. The fourth-order valence-electron chi connectivity index (χ4n) is 4.04. The van der Waals surface area contributed by atoms with Crippen molar-refractivity contribution in [2.45, 2.75) is 59.8 Å². The Balaban J connectivity index is 1.76. The molecule has 0 bridgehead atoms. The average Bonchev–Trinajstić information content (AvgIpc) is 2.80. The average molecular weight is 421 g/mol. The van der Waals surface area contributed by atoms with Crippen LogP contribution >= 0.6 is 10.3 Å². The van der Waals surface area contributed by atoms with Crippen LogP contribution in [0.5, 0.6) is 5.75 Å². The quantitative estimate of drug-likeness (QED) is 0.424. The second-order valence-corrected chi connectivity index (χ2v) is 10.3. The van der Waals surface area contributed by atoms with Crippen LogP contribution in [-0.2, 0) is 8.98 Å². The van der Waals surface area contributed by atoms with Gasteiger partial charge in [0.05, 0.1) is 6.10 Å². The van der Waals surface area contributed by atoms with Gasteiger partial charge < -0.3 is 8.92 Å². The number of carbonyl (C=O) groups is 1. The first-order valence-corrected chi connectivity index (χ1v) is 12.1. The molecule has 0 heterocycles. The van der Waals surface area contributed by atoms with E-state index in [0.29, 0.717) is 6.10 Å². The molecule has 1 saturated carbocycles. The molecule has 4 heteroatoms. The maximum absolute atomic E-state index is 12.3. The van der Waals surface area contributed by atoms with Gasteiger partial charge >= 0.3 is 5.97 Å². The Kier molecular flexibility index (Phi) is 6.44. The third kappa shape index (κ3) is 4.39. The van der Waals surface area contributed by atoms with Gasteiger partial charge in [-0.2, -0.15) is 0 Å². The van der Waals surface area contributed by atoms with Crippen molar-refractivity contribution >= 4 is 16.3 Å². The number of ether oxygens (including phenoxy) is 1. The largest absolute Gasteiger partial charge is 0.490 e. The Bertz CT molecular complexity index is 909. The van der Waals surface area contributed by atoms with Crippen LogP contribution in [0.15, 0.2) is 99.6 Å². The van der Waals surface area contributed by atoms with E-state index in [9.17, 15) is 4.79 Å². The number of hydrogen-bond donors (Lipinski definition) is 0. The molecule has 1 fully saturated rings. The van der Waals surface area contributed by atoms with Crippen molar-refractivity contribution in [1.82, 2.24) is 0 Å². The van der Waals surface area contributed by atoms with Crippen LogP contribution < -0.4 is 4.74 Å². The molecule has 0 aromatic heterocycles. The highest BCUT2D eigenvalue weighted by molar-refractivity contribution is 8.30. The fraction of sp³-hybridized carbons (Fsp3) is 0.269. The molecule has 30 heavy (non-hydrogen) atoms. The summed E-state index contributed by atoms with van der Waals surface area (Å²) >= 11 is 0. The number of rotatable bonds is 6. The van der Waals surface area contributed by atoms with Crippen LogP contribution in [0.25, 0.3) is 0 Å². The molecule has 0 aliphatic heterocycles. The van der Waals surface area contributed by atoms with Gasteiger partial charge in [0.2, 0.25) is 0 Å². The van der Waals surface area contributed by atoms with Crippen molar-refractivity contribution in [3.63, 3.8) is 0 Å². The monoisotopic (exact) mass is 420 g/mol. The van der Waals surface area contributed by atoms with E-state index in [-0.39, 0.29) is 5.97 Å². The molecular formula is C26H28O3S. The second-order valence-electron chi connectivity index (χ2n) is 7.61. The molecule has 156 valence electrons. The summed E-state index contributed by atoms with van der Waals surface area (Å²) in [4.78, 5) is 15.2. The lowest BCUT2D eigenvalue weighted by Gasteiger charge is -2.39. The van der Waals surface area contributed by atoms with Crippen LogP contribution in [0.1, 0.15) is 39.0 Å². The van der Waals surface area contributed by atoms with E-state index in [0.717, 1.165) is 33.3 Å². The van der Waals surface area contributed by atoms with E-state index < -0.39 is 10.3 Å². The third-order valence-corrected chi connectivity index (χ3v) is 8.70. The number of benzene rings is 3. The predicted octanol–water partition coefficient (Wildman–Crippen LogP) is 7.16. The molecule has 3 nitrogen and oxygen atoms in total. The van der Waals surface area contributed by atoms with Gasteiger partial charge in [0.15, 0.2) is 0 Å². The molecule has 1 aliphatic rings. The van der Waals surface area contributed by atoms with Crippen molar-refractivity contribution in [3.8, 4) is 5.75 Å². The highest BCUT2D eigenvalue weighted by Gasteiger charge is 2.34. The first-order valence-electron chi connectivity index (χ1n) is 10.6. The number of carbonyl (C=O) groups excluding carboxylic acids is 1. The van der Waals surface area contributed by atoms with Crippen molar-refractivity contribution in [2.24, 2.45) is 0 Å². The minimum Gasteiger partial charge on any atom is -0.490 e. The third-order valence-electron chi connectivity index (χ3n) is 5.40. The van der Waals surface area contributed by atoms with E-state index in [1.54, 1.807) is 0 Å². The SMILES string of the molecule is CC(=O)OS(c1ccccc1)(c1ccccc1)c1ccc(OC2CCCCC2)cc1. The molecule has 0 atom stereocenters. The molecule has 0 N–H and O–H groups in total. The van der Waals surface area contributed by atoms with E-state index in [1.165, 1.54) is 26.2 Å². The van der Waals surface area contributed by atoms with Gasteiger partial charge in [0.1, 0.15) is 5.75 Å². The topological polar surface area (TPSA) is 35.5 Å². The van der Waals surface area contributed by atoms with E-state index >= 15 is 0 Å². The van der Waals surface area contributed by atoms with Crippen LogP contribution in [0.3, 0.4) is 0 Å². The van der Waals surface area contributed by atoms with Crippen molar-refractivity contribution in [1.29, 1.82) is 0 Å². The predicted molar refractivity (Wildman–Crippen MR) is 121 cm³/mol. The lowest BCUT2D eigenvalue weighted by molar-refractivity contribution is -0.131. The summed E-state index contributed by atoms with van der Waals surface area (Å²) in [5.41, 5.74) is 0. The summed E-state index contributed by atoms with van der Waals surface area (Å²) in [6.45, 7) is 1.48. The highest BCUT2D eigenvalue weighted by atomic mass is 32.3. The molecule has 0 saturated heterocycles. The van der Waals surface area contributed by atoms with Crippen molar-refractivity contribution in [2.75, 3.05) is 0 Å². The lowest BCUT2D eigenvalue weighted by Crippen LogP contribution is -2.19. The van der Waals surface area contributed by atoms with Gasteiger partial charge in [-0.1, -0.05) is 42.8 Å². The summed E-state index contributed by atoms with van der Waals surface area (Å²) < 4.78 is 12.4. The Morgan fingerprint density at radius 1 is 0.733 bits per heavy atom. The Labute approximate surface area is 180 Å². The molecule has 0 unspecified atom stereocenters. The van der Waals surface area contributed by atoms with Crippen molar-refractivity contribution < 1.29 is 13.7 Å². The zero-order valence-corrected chi connectivity index (χ0v) is 18.1. The smallest absolute Gasteiger partial charge is 0.313 e. The summed E-state index contributed by atoms with van der Waals surface area (Å²) in [6, 6.07) is 28.2. The summed E-state index contributed by atoms with van der Waals surface area (Å²) in [7, 11) is -2.19. The first-order chi connectivity index (χ1) is 14.7. The van der Waals surface area contributed by atoms with E-state index in [1.807, 2.05) is 72.8 Å². The first kappa shape index (κ1) is 20.5. The zero-order chi connectivity index (χ0) is 20.8. The summed E-state index contributed by atoms with van der Waals surface area (Å²) in [6.07, 6.45) is 6.34. The molecule has 0 spiro atoms. The Hall–Kier alpha value is -2.72. The standard InChI is InChI=1S/C26H28O3S/c1-21(27)29-30(24-13-7-3-8-14-24,25-15-9-4-10-16-25)26-19-17-23(18-20-26)28-22-11-5-2-6-12-22/h3-4,7-10,13-20,22H,2,5-6,11-12H2,1H3. The highest BCUT2D eigenvalue weighted by Crippen LogP contribution is 2.69. The fourth-order valence-corrected chi connectivity index (χ4v) is 7.10. The normalized spacial score (nSPS) is 15.4. The van der Waals surface area contributed by atoms with Gasteiger partial charge in [-0.05, 0) is 84.5 Å². The minimum absolute atomic E-state index is 0.291. The maximum Gasteiger partial charge on any atom is 0.313 e. The van der Waals surface area contributed by atoms with E-state index in [4.69, 9.17) is 8.92 Å². The zero-order valence-electron chi connectivity index (χ0n) is 17.3. The van der Waals surface area contributed by atoms with Crippen LogP contribution in [0.2, 0.25) is 0 Å². The van der Waals surface area contributed by atoms with Gasteiger partial charge in [0.25, 0.3) is 0 Å². The molecule has 3 aromatic rings. The molecular weight excluding hydrogens is 392 g/mol. The summed E-state index contributed by atoms with van der Waals surface area (Å²) in [5, 5.41) is 0. The molecule has 4 rings (SSSR count). The summed E-state index contributed by atoms with van der Waals surface area (Å²) in [5.74, 6) is 0.586. The molecule has 1 aliphatic carbocycles. The van der Waals surface area contributed by atoms with Gasteiger partial charge in [-0.3, -0.25) is 4.79 Å². The number of hydrogen-bond acceptors (Lipinski definition) is 3.